The summed E-state index contributed by atoms with van der Waals surface area (Å²) in [6, 6.07) is 3.67. The number of nitrogen functional groups attached to an aromatic ring is 1. The predicted octanol–water partition coefficient (Wildman–Crippen LogP) is 5.37. The van der Waals surface area contributed by atoms with Gasteiger partial charge in [0.05, 0.1) is 15.8 Å². The zero-order valence-corrected chi connectivity index (χ0v) is 18.4. The molecule has 0 bridgehead atoms. The van der Waals surface area contributed by atoms with Gasteiger partial charge >= 0.3 is 6.18 Å². The van der Waals surface area contributed by atoms with Gasteiger partial charge in [-0.05, 0) is 49.7 Å². The van der Waals surface area contributed by atoms with Crippen molar-refractivity contribution in [1.29, 1.82) is 5.26 Å². The molecule has 3 rings (SSSR count). The average Bonchev–Trinajstić information content (AvgIpc) is 3.33. The number of halogens is 5. The zero-order chi connectivity index (χ0) is 23.8. The Kier molecular flexibility index (Phi) is 6.65. The first-order valence-electron chi connectivity index (χ1n) is 9.99. The number of hydrogen-bond acceptors (Lipinski definition) is 5. The number of nitrogens with zero attached hydrogens (tertiary/aromatic N) is 2. The van der Waals surface area contributed by atoms with Gasteiger partial charge in [0.15, 0.2) is 5.79 Å². The molecule has 2 heterocycles. The van der Waals surface area contributed by atoms with E-state index in [-0.39, 0.29) is 38.8 Å². The van der Waals surface area contributed by atoms with E-state index < -0.39 is 28.9 Å². The predicted molar refractivity (Wildman–Crippen MR) is 117 cm³/mol. The number of nitrogens with two attached hydrogens (primary N) is 1. The van der Waals surface area contributed by atoms with Gasteiger partial charge in [0, 0.05) is 18.0 Å². The molecule has 0 spiro atoms. The summed E-state index contributed by atoms with van der Waals surface area (Å²) < 4.78 is 72.3. The number of nitrogens with one attached hydrogen (secondary N) is 1. The van der Waals surface area contributed by atoms with E-state index >= 15 is 4.39 Å². The zero-order valence-electron chi connectivity index (χ0n) is 17.6. The summed E-state index contributed by atoms with van der Waals surface area (Å²) in [5, 5.41) is 12.4. The number of hydrogen-bond donors (Lipinski definition) is 2. The van der Waals surface area contributed by atoms with E-state index in [4.69, 9.17) is 5.73 Å². The number of benzene rings is 1. The Morgan fingerprint density at radius 2 is 2.09 bits per heavy atom. The lowest BCUT2D eigenvalue weighted by Crippen LogP contribution is -2.49. The van der Waals surface area contributed by atoms with Gasteiger partial charge in [0.25, 0.3) is 0 Å². The fourth-order valence-electron chi connectivity index (χ4n) is 4.21. The smallest absolute Gasteiger partial charge is 0.389 e. The lowest BCUT2D eigenvalue weighted by Gasteiger charge is -2.37. The van der Waals surface area contributed by atoms with Crippen molar-refractivity contribution in [3.05, 3.63) is 47.3 Å². The molecular formula is C22H23F5N4S. The summed E-state index contributed by atoms with van der Waals surface area (Å²) in [6.45, 7) is 7.67. The van der Waals surface area contributed by atoms with Gasteiger partial charge in [-0.15, -0.1) is 11.3 Å². The van der Waals surface area contributed by atoms with Crippen LogP contribution in [-0.2, 0) is 0 Å². The fourth-order valence-corrected chi connectivity index (χ4v) is 5.16. The molecule has 1 aromatic heterocycles. The molecule has 1 unspecified atom stereocenters. The lowest BCUT2D eigenvalue weighted by atomic mass is 9.92. The lowest BCUT2D eigenvalue weighted by molar-refractivity contribution is -0.0903. The molecule has 1 aliphatic heterocycles. The minimum absolute atomic E-state index is 0.0135. The molecule has 1 aliphatic rings. The second-order valence-corrected chi connectivity index (χ2v) is 8.80. The Labute approximate surface area is 186 Å². The number of allylic oxidation sites excluding steroid dienone is 2. The first-order valence-corrected chi connectivity index (χ1v) is 10.8. The van der Waals surface area contributed by atoms with Crippen LogP contribution in [0.15, 0.2) is 30.4 Å². The summed E-state index contributed by atoms with van der Waals surface area (Å²) >= 11 is 0.768. The van der Waals surface area contributed by atoms with E-state index in [9.17, 15) is 22.8 Å². The highest BCUT2D eigenvalue weighted by molar-refractivity contribution is 7.23. The van der Waals surface area contributed by atoms with Crippen molar-refractivity contribution in [2.24, 2.45) is 0 Å². The average molecular weight is 471 g/mol. The molecule has 32 heavy (non-hydrogen) atoms. The van der Waals surface area contributed by atoms with Crippen molar-refractivity contribution >= 4 is 32.0 Å². The molecular weight excluding hydrogens is 447 g/mol. The van der Waals surface area contributed by atoms with Crippen molar-refractivity contribution in [1.82, 2.24) is 10.2 Å². The molecule has 2 atom stereocenters. The van der Waals surface area contributed by atoms with Crippen LogP contribution in [0.5, 0.6) is 0 Å². The molecule has 0 aliphatic carbocycles. The van der Waals surface area contributed by atoms with Crippen LogP contribution < -0.4 is 11.1 Å². The third-order valence-electron chi connectivity index (χ3n) is 5.67. The normalized spacial score (nSPS) is 19.3. The van der Waals surface area contributed by atoms with Crippen LogP contribution in [0, 0.1) is 17.1 Å². The van der Waals surface area contributed by atoms with E-state index in [1.807, 2.05) is 6.07 Å². The molecule has 10 heteroatoms. The number of rotatable bonds is 6. The maximum atomic E-state index is 15.7. The van der Waals surface area contributed by atoms with E-state index in [1.54, 1.807) is 6.92 Å². The fraction of sp³-hybridized carbons (Fsp3) is 0.409. The minimum Gasteiger partial charge on any atom is -0.389 e. The van der Waals surface area contributed by atoms with Crippen LogP contribution in [0.25, 0.3) is 15.7 Å². The number of likely N-dealkylation sites (N-methyl/N-ethyl adjacent to an activating group) is 1. The molecule has 0 radical (unpaired) electrons. The van der Waals surface area contributed by atoms with Crippen LogP contribution in [0.1, 0.15) is 31.4 Å². The van der Waals surface area contributed by atoms with Crippen LogP contribution in [0.2, 0.25) is 0 Å². The highest BCUT2D eigenvalue weighted by atomic mass is 32.1. The molecule has 3 N–H and O–H groups in total. The van der Waals surface area contributed by atoms with Gasteiger partial charge in [-0.1, -0.05) is 19.6 Å². The molecule has 0 amide bonds. The summed E-state index contributed by atoms with van der Waals surface area (Å²) in [6.07, 6.45) is -3.80. The van der Waals surface area contributed by atoms with E-state index in [0.717, 1.165) is 30.4 Å². The first-order chi connectivity index (χ1) is 14.9. The molecule has 1 saturated heterocycles. The number of thiophene rings is 1. The molecule has 4 nitrogen and oxygen atoms in total. The summed E-state index contributed by atoms with van der Waals surface area (Å²) in [5.74, 6) is -3.14. The third-order valence-corrected chi connectivity index (χ3v) is 6.70. The highest BCUT2D eigenvalue weighted by Crippen LogP contribution is 2.44. The Hall–Kier alpha value is -2.48. The van der Waals surface area contributed by atoms with Gasteiger partial charge < -0.3 is 11.1 Å². The quantitative estimate of drug-likeness (QED) is 0.339. The second-order valence-electron chi connectivity index (χ2n) is 7.74. The van der Waals surface area contributed by atoms with Gasteiger partial charge in [0.1, 0.15) is 16.9 Å². The van der Waals surface area contributed by atoms with Gasteiger partial charge in [0.2, 0.25) is 0 Å². The third kappa shape index (κ3) is 4.37. The molecule has 2 aromatic rings. The topological polar surface area (TPSA) is 65.1 Å². The van der Waals surface area contributed by atoms with Crippen molar-refractivity contribution in [3.63, 3.8) is 0 Å². The SMILES string of the molecule is C=C(/C(=C\C(C)(F)N(CC)[C@@H]1CCNC1)C(F)(F)F)c1ccc(F)c2sc(N)c(C#N)c12. The Balaban J connectivity index is 2.17. The summed E-state index contributed by atoms with van der Waals surface area (Å²) in [4.78, 5) is 1.37. The number of anilines is 1. The molecule has 0 saturated carbocycles. The number of nitriles is 1. The van der Waals surface area contributed by atoms with Crippen LogP contribution in [-0.4, -0.2) is 42.5 Å². The first kappa shape index (κ1) is 24.2. The Bertz CT molecular complexity index is 1100. The summed E-state index contributed by atoms with van der Waals surface area (Å²) in [7, 11) is 0. The maximum Gasteiger partial charge on any atom is 0.416 e. The second kappa shape index (κ2) is 8.81. The monoisotopic (exact) mass is 470 g/mol. The van der Waals surface area contributed by atoms with Crippen molar-refractivity contribution in [3.8, 4) is 6.07 Å². The highest BCUT2D eigenvalue weighted by Gasteiger charge is 2.42. The van der Waals surface area contributed by atoms with Crippen LogP contribution >= 0.6 is 11.3 Å². The summed E-state index contributed by atoms with van der Waals surface area (Å²) in [5.41, 5.74) is 3.70. The van der Waals surface area contributed by atoms with Crippen molar-refractivity contribution < 1.29 is 22.0 Å². The Morgan fingerprint density at radius 1 is 1.41 bits per heavy atom. The van der Waals surface area contributed by atoms with Crippen LogP contribution in [0.4, 0.5) is 27.0 Å². The number of alkyl halides is 4. The van der Waals surface area contributed by atoms with Gasteiger partial charge in [-0.2, -0.15) is 18.4 Å². The van der Waals surface area contributed by atoms with E-state index in [0.29, 0.717) is 25.6 Å². The maximum absolute atomic E-state index is 15.7. The molecule has 172 valence electrons. The van der Waals surface area contributed by atoms with E-state index in [2.05, 4.69) is 11.9 Å². The van der Waals surface area contributed by atoms with Gasteiger partial charge in [-0.3, -0.25) is 4.90 Å². The van der Waals surface area contributed by atoms with Gasteiger partial charge in [-0.25, -0.2) is 8.78 Å². The van der Waals surface area contributed by atoms with Crippen molar-refractivity contribution in [2.75, 3.05) is 25.4 Å². The minimum atomic E-state index is -4.94. The molecule has 1 aromatic carbocycles. The standard InChI is InChI=1S/C22H23F5N4S/c1-4-31(13-7-8-30-11-13)21(3,24)9-16(22(25,26)27)12(2)14-5-6-17(23)19-18(14)15(10-28)20(29)32-19/h5-6,9,13,30H,2,4,7-8,11,29H2,1,3H3/b16-9+/t13-,21?/m1/s1. The van der Waals surface area contributed by atoms with E-state index in [1.165, 1.54) is 4.90 Å². The van der Waals surface area contributed by atoms with Crippen LogP contribution in [0.3, 0.4) is 0 Å². The largest absolute Gasteiger partial charge is 0.416 e. The molecule has 1 fully saturated rings. The van der Waals surface area contributed by atoms with Crippen molar-refractivity contribution in [2.45, 2.75) is 38.3 Å². The Morgan fingerprint density at radius 3 is 2.62 bits per heavy atom. The number of fused-ring (bicyclic) bond motifs is 1.